The molecule has 152 valence electrons. The van der Waals surface area contributed by atoms with E-state index in [0.717, 1.165) is 16.8 Å². The van der Waals surface area contributed by atoms with Crippen molar-refractivity contribution < 1.29 is 9.59 Å². The smallest absolute Gasteiger partial charge is 0.258 e. The zero-order valence-corrected chi connectivity index (χ0v) is 16.4. The van der Waals surface area contributed by atoms with Crippen LogP contribution in [-0.4, -0.2) is 21.8 Å². The molecule has 30 heavy (non-hydrogen) atoms. The predicted octanol–water partition coefficient (Wildman–Crippen LogP) is 2.56. The highest BCUT2D eigenvalue weighted by Crippen LogP contribution is 2.29. The van der Waals surface area contributed by atoms with Crippen molar-refractivity contribution in [1.29, 1.82) is 0 Å². The van der Waals surface area contributed by atoms with Crippen LogP contribution >= 0.6 is 0 Å². The second kappa shape index (κ2) is 8.20. The minimum absolute atomic E-state index is 0.101. The number of aromatic nitrogens is 2. The van der Waals surface area contributed by atoms with Gasteiger partial charge in [-0.15, -0.1) is 0 Å². The maximum absolute atomic E-state index is 12.8. The standard InChI is InChI=1S/C22H21N5O3/c1-13-7-9-15(10-8-13)24-22-26-19-18(21(30)27-22)16(11-17(28)25-19)20(29)23-12-14-5-3-2-4-6-14/h2-10,16H,11-12H2,1H3,(H,23,29)(H3,24,25,26,27,28,30)/t16-/m1/s1. The van der Waals surface area contributed by atoms with Crippen LogP contribution < -0.4 is 21.5 Å². The Hall–Kier alpha value is -3.94. The molecule has 4 rings (SSSR count). The lowest BCUT2D eigenvalue weighted by Gasteiger charge is -2.23. The lowest BCUT2D eigenvalue weighted by Crippen LogP contribution is -2.39. The number of hydrogen-bond donors (Lipinski definition) is 4. The number of nitrogens with one attached hydrogen (secondary N) is 4. The summed E-state index contributed by atoms with van der Waals surface area (Å²) >= 11 is 0. The second-order valence-corrected chi connectivity index (χ2v) is 7.18. The molecule has 0 bridgehead atoms. The van der Waals surface area contributed by atoms with Gasteiger partial charge in [0.05, 0.1) is 11.5 Å². The summed E-state index contributed by atoms with van der Waals surface area (Å²) in [7, 11) is 0. The molecular weight excluding hydrogens is 382 g/mol. The number of anilines is 3. The second-order valence-electron chi connectivity index (χ2n) is 7.18. The van der Waals surface area contributed by atoms with Gasteiger partial charge in [-0.05, 0) is 24.6 Å². The van der Waals surface area contributed by atoms with Crippen LogP contribution in [0.5, 0.6) is 0 Å². The van der Waals surface area contributed by atoms with Crippen molar-refractivity contribution in [2.75, 3.05) is 10.6 Å². The summed E-state index contributed by atoms with van der Waals surface area (Å²) in [5.74, 6) is -1.36. The van der Waals surface area contributed by atoms with Crippen LogP contribution in [0.2, 0.25) is 0 Å². The van der Waals surface area contributed by atoms with E-state index < -0.39 is 11.5 Å². The van der Waals surface area contributed by atoms with Crippen LogP contribution in [0.25, 0.3) is 0 Å². The normalized spacial score (nSPS) is 15.1. The van der Waals surface area contributed by atoms with E-state index in [9.17, 15) is 14.4 Å². The fourth-order valence-corrected chi connectivity index (χ4v) is 3.34. The quantitative estimate of drug-likeness (QED) is 0.523. The third-order valence-corrected chi connectivity index (χ3v) is 4.89. The Bertz CT molecular complexity index is 1140. The van der Waals surface area contributed by atoms with Gasteiger partial charge < -0.3 is 16.0 Å². The Balaban J connectivity index is 1.57. The average Bonchev–Trinajstić information content (AvgIpc) is 2.73. The van der Waals surface area contributed by atoms with Crippen LogP contribution in [0.3, 0.4) is 0 Å². The van der Waals surface area contributed by atoms with Gasteiger partial charge in [0.15, 0.2) is 0 Å². The summed E-state index contributed by atoms with van der Waals surface area (Å²) < 4.78 is 0. The molecule has 2 amide bonds. The van der Waals surface area contributed by atoms with Crippen molar-refractivity contribution in [3.8, 4) is 0 Å². The van der Waals surface area contributed by atoms with E-state index >= 15 is 0 Å². The lowest BCUT2D eigenvalue weighted by molar-refractivity contribution is -0.126. The summed E-state index contributed by atoms with van der Waals surface area (Å²) in [6, 6.07) is 17.0. The molecule has 0 saturated heterocycles. The Kier molecular flexibility index (Phi) is 5.30. The molecule has 1 aliphatic heterocycles. The molecule has 8 heteroatoms. The van der Waals surface area contributed by atoms with Gasteiger partial charge in [0.25, 0.3) is 5.56 Å². The summed E-state index contributed by atoms with van der Waals surface area (Å²) in [5.41, 5.74) is 2.46. The molecule has 0 saturated carbocycles. The van der Waals surface area contributed by atoms with Crippen molar-refractivity contribution in [3.63, 3.8) is 0 Å². The van der Waals surface area contributed by atoms with E-state index in [4.69, 9.17) is 0 Å². The maximum atomic E-state index is 12.8. The van der Waals surface area contributed by atoms with Crippen LogP contribution in [0.1, 0.15) is 29.0 Å². The highest BCUT2D eigenvalue weighted by atomic mass is 16.2. The van der Waals surface area contributed by atoms with Crippen LogP contribution in [0, 0.1) is 6.92 Å². The largest absolute Gasteiger partial charge is 0.351 e. The first-order valence-electron chi connectivity index (χ1n) is 9.59. The third kappa shape index (κ3) is 4.22. The SMILES string of the molecule is Cc1ccc(Nc2nc3c(c(=O)[nH]2)[C@H](C(=O)NCc2ccccc2)CC(=O)N3)cc1. The number of nitrogens with zero attached hydrogens (tertiary/aromatic N) is 1. The summed E-state index contributed by atoms with van der Waals surface area (Å²) in [4.78, 5) is 44.7. The van der Waals surface area contributed by atoms with Crippen LogP contribution in [0.15, 0.2) is 59.4 Å². The molecule has 0 radical (unpaired) electrons. The van der Waals surface area contributed by atoms with Crippen molar-refractivity contribution in [1.82, 2.24) is 15.3 Å². The highest BCUT2D eigenvalue weighted by Gasteiger charge is 2.34. The van der Waals surface area contributed by atoms with Gasteiger partial charge in [-0.3, -0.25) is 19.4 Å². The van der Waals surface area contributed by atoms with Gasteiger partial charge in [0.1, 0.15) is 5.82 Å². The fourth-order valence-electron chi connectivity index (χ4n) is 3.34. The van der Waals surface area contributed by atoms with E-state index in [2.05, 4.69) is 25.9 Å². The van der Waals surface area contributed by atoms with E-state index in [1.165, 1.54) is 0 Å². The molecule has 1 aromatic heterocycles. The predicted molar refractivity (Wildman–Crippen MR) is 114 cm³/mol. The lowest BCUT2D eigenvalue weighted by atomic mass is 9.92. The van der Waals surface area contributed by atoms with Crippen molar-refractivity contribution in [2.24, 2.45) is 0 Å². The molecule has 2 heterocycles. The zero-order chi connectivity index (χ0) is 21.1. The van der Waals surface area contributed by atoms with Crippen LogP contribution in [0.4, 0.5) is 17.5 Å². The molecule has 0 spiro atoms. The fraction of sp³-hybridized carbons (Fsp3) is 0.182. The third-order valence-electron chi connectivity index (χ3n) is 4.89. The van der Waals surface area contributed by atoms with Crippen molar-refractivity contribution in [2.45, 2.75) is 25.8 Å². The summed E-state index contributed by atoms with van der Waals surface area (Å²) in [6.45, 7) is 2.28. The van der Waals surface area contributed by atoms with E-state index in [1.807, 2.05) is 61.5 Å². The van der Waals surface area contributed by atoms with Gasteiger partial charge in [-0.25, -0.2) is 0 Å². The molecule has 1 aliphatic rings. The number of hydrogen-bond acceptors (Lipinski definition) is 5. The molecule has 8 nitrogen and oxygen atoms in total. The monoisotopic (exact) mass is 403 g/mol. The Morgan fingerprint density at radius 3 is 2.57 bits per heavy atom. The molecule has 1 atom stereocenters. The molecule has 2 aromatic carbocycles. The zero-order valence-electron chi connectivity index (χ0n) is 16.4. The number of fused-ring (bicyclic) bond motifs is 1. The average molecular weight is 403 g/mol. The molecule has 0 fully saturated rings. The number of carbonyl (C=O) groups excluding carboxylic acids is 2. The maximum Gasteiger partial charge on any atom is 0.258 e. The van der Waals surface area contributed by atoms with Crippen LogP contribution in [-0.2, 0) is 16.1 Å². The van der Waals surface area contributed by atoms with Gasteiger partial charge in [0.2, 0.25) is 17.8 Å². The summed E-state index contributed by atoms with van der Waals surface area (Å²) in [5, 5.41) is 8.42. The number of carbonyl (C=O) groups is 2. The Morgan fingerprint density at radius 2 is 1.83 bits per heavy atom. The number of aromatic amines is 1. The van der Waals surface area contributed by atoms with E-state index in [0.29, 0.717) is 6.54 Å². The summed E-state index contributed by atoms with van der Waals surface area (Å²) in [6.07, 6.45) is -0.108. The van der Waals surface area contributed by atoms with E-state index in [1.54, 1.807) is 0 Å². The first-order chi connectivity index (χ1) is 14.5. The van der Waals surface area contributed by atoms with Crippen molar-refractivity contribution >= 4 is 29.3 Å². The topological polar surface area (TPSA) is 116 Å². The molecular formula is C22H21N5O3. The minimum atomic E-state index is -0.901. The highest BCUT2D eigenvalue weighted by molar-refractivity contribution is 6.00. The number of rotatable bonds is 5. The molecule has 0 unspecified atom stereocenters. The minimum Gasteiger partial charge on any atom is -0.351 e. The number of benzene rings is 2. The molecule has 3 aromatic rings. The van der Waals surface area contributed by atoms with Gasteiger partial charge in [-0.2, -0.15) is 4.98 Å². The van der Waals surface area contributed by atoms with Gasteiger partial charge >= 0.3 is 0 Å². The molecule has 0 aliphatic carbocycles. The first kappa shape index (κ1) is 19.4. The Morgan fingerprint density at radius 1 is 1.10 bits per heavy atom. The van der Waals surface area contributed by atoms with Gasteiger partial charge in [-0.1, -0.05) is 48.0 Å². The first-order valence-corrected chi connectivity index (χ1v) is 9.59. The van der Waals surface area contributed by atoms with E-state index in [-0.39, 0.29) is 35.6 Å². The number of H-pyrrole nitrogens is 1. The number of aryl methyl sites for hydroxylation is 1. The molecule has 4 N–H and O–H groups in total. The number of amides is 2. The van der Waals surface area contributed by atoms with Gasteiger partial charge in [0, 0.05) is 18.7 Å². The Labute approximate surface area is 172 Å². The van der Waals surface area contributed by atoms with Crippen molar-refractivity contribution in [3.05, 3.63) is 81.6 Å².